The van der Waals surface area contributed by atoms with Crippen LogP contribution < -0.4 is 5.48 Å². The maximum absolute atomic E-state index is 11.0. The molecule has 0 radical (unpaired) electrons. The number of nitrogens with one attached hydrogen (secondary N) is 1. The van der Waals surface area contributed by atoms with E-state index in [0.717, 1.165) is 12.0 Å². The molecule has 1 aliphatic rings. The minimum Gasteiger partial charge on any atom is -0.289 e. The van der Waals surface area contributed by atoms with E-state index in [0.29, 0.717) is 0 Å². The SMILES string of the molecule is O=C(NO)[C@@H]1C[C@H]1c1cccnc1. The highest BCUT2D eigenvalue weighted by molar-refractivity contribution is 5.81. The minimum atomic E-state index is -0.297. The van der Waals surface area contributed by atoms with Gasteiger partial charge in [0.15, 0.2) is 0 Å². The van der Waals surface area contributed by atoms with Gasteiger partial charge in [-0.15, -0.1) is 0 Å². The fourth-order valence-corrected chi connectivity index (χ4v) is 1.53. The highest BCUT2D eigenvalue weighted by atomic mass is 16.5. The standard InChI is InChI=1S/C9H10N2O2/c12-9(11-13)8-4-7(8)6-2-1-3-10-5-6/h1-3,5,7-8,13H,4H2,(H,11,12)/t7-,8+/m0/s1. The van der Waals surface area contributed by atoms with E-state index in [1.54, 1.807) is 17.9 Å². The van der Waals surface area contributed by atoms with Crippen molar-refractivity contribution in [2.24, 2.45) is 5.92 Å². The molecule has 0 saturated heterocycles. The molecule has 0 spiro atoms. The molecule has 0 bridgehead atoms. The topological polar surface area (TPSA) is 62.2 Å². The number of rotatable bonds is 2. The van der Waals surface area contributed by atoms with E-state index in [4.69, 9.17) is 5.21 Å². The maximum Gasteiger partial charge on any atom is 0.247 e. The lowest BCUT2D eigenvalue weighted by molar-refractivity contribution is -0.130. The molecule has 1 saturated carbocycles. The van der Waals surface area contributed by atoms with Crippen molar-refractivity contribution in [3.05, 3.63) is 30.1 Å². The predicted octanol–water partition coefficient (Wildman–Crippen LogP) is 0.690. The summed E-state index contributed by atoms with van der Waals surface area (Å²) in [6, 6.07) is 3.80. The molecule has 0 unspecified atom stereocenters. The van der Waals surface area contributed by atoms with Gasteiger partial charge >= 0.3 is 0 Å². The molecule has 1 aromatic heterocycles. The largest absolute Gasteiger partial charge is 0.289 e. The van der Waals surface area contributed by atoms with E-state index in [9.17, 15) is 4.79 Å². The highest BCUT2D eigenvalue weighted by Crippen LogP contribution is 2.47. The van der Waals surface area contributed by atoms with E-state index >= 15 is 0 Å². The molecule has 2 N–H and O–H groups in total. The van der Waals surface area contributed by atoms with Crippen LogP contribution in [0, 0.1) is 5.92 Å². The molecule has 68 valence electrons. The first-order chi connectivity index (χ1) is 6.33. The van der Waals surface area contributed by atoms with Crippen LogP contribution in [0.3, 0.4) is 0 Å². The Labute approximate surface area is 75.6 Å². The summed E-state index contributed by atoms with van der Waals surface area (Å²) in [5.74, 6) is -0.135. The predicted molar refractivity (Wildman–Crippen MR) is 45.0 cm³/mol. The molecular weight excluding hydrogens is 168 g/mol. The van der Waals surface area contributed by atoms with Gasteiger partial charge in [0.2, 0.25) is 5.91 Å². The zero-order valence-corrected chi connectivity index (χ0v) is 6.97. The number of amides is 1. The van der Waals surface area contributed by atoms with Gasteiger partial charge in [-0.25, -0.2) is 5.48 Å². The second-order valence-corrected chi connectivity index (χ2v) is 3.21. The summed E-state index contributed by atoms with van der Waals surface area (Å²) in [5.41, 5.74) is 2.73. The second-order valence-electron chi connectivity index (χ2n) is 3.21. The van der Waals surface area contributed by atoms with Crippen molar-refractivity contribution in [3.8, 4) is 0 Å². The highest BCUT2D eigenvalue weighted by Gasteiger charge is 2.43. The van der Waals surface area contributed by atoms with E-state index in [1.165, 1.54) is 0 Å². The molecule has 1 amide bonds. The normalized spacial score (nSPS) is 25.3. The Morgan fingerprint density at radius 3 is 3.15 bits per heavy atom. The van der Waals surface area contributed by atoms with Crippen LogP contribution in [0.4, 0.5) is 0 Å². The summed E-state index contributed by atoms with van der Waals surface area (Å²) in [4.78, 5) is 14.9. The maximum atomic E-state index is 11.0. The summed E-state index contributed by atoms with van der Waals surface area (Å²) in [6.45, 7) is 0. The Kier molecular flexibility index (Phi) is 1.98. The lowest BCUT2D eigenvalue weighted by Crippen LogP contribution is -2.20. The van der Waals surface area contributed by atoms with Gasteiger partial charge in [0, 0.05) is 18.3 Å². The molecule has 0 aromatic carbocycles. The van der Waals surface area contributed by atoms with Gasteiger partial charge in [0.1, 0.15) is 0 Å². The van der Waals surface area contributed by atoms with Gasteiger partial charge in [-0.2, -0.15) is 0 Å². The molecule has 1 aromatic rings. The quantitative estimate of drug-likeness (QED) is 0.517. The lowest BCUT2D eigenvalue weighted by Gasteiger charge is -1.97. The molecule has 13 heavy (non-hydrogen) atoms. The van der Waals surface area contributed by atoms with Crippen LogP contribution in [0.2, 0.25) is 0 Å². The zero-order valence-electron chi connectivity index (χ0n) is 6.97. The average Bonchev–Trinajstić information content (AvgIpc) is 2.98. The smallest absolute Gasteiger partial charge is 0.247 e. The Hall–Kier alpha value is -1.42. The van der Waals surface area contributed by atoms with Gasteiger partial charge in [0.25, 0.3) is 0 Å². The van der Waals surface area contributed by atoms with Gasteiger partial charge in [0.05, 0.1) is 0 Å². The average molecular weight is 178 g/mol. The fourth-order valence-electron chi connectivity index (χ4n) is 1.53. The summed E-state index contributed by atoms with van der Waals surface area (Å²) >= 11 is 0. The van der Waals surface area contributed by atoms with Crippen molar-refractivity contribution in [2.75, 3.05) is 0 Å². The van der Waals surface area contributed by atoms with E-state index < -0.39 is 0 Å². The van der Waals surface area contributed by atoms with Gasteiger partial charge in [-0.3, -0.25) is 15.0 Å². The van der Waals surface area contributed by atoms with Crippen molar-refractivity contribution in [2.45, 2.75) is 12.3 Å². The van der Waals surface area contributed by atoms with Crippen LogP contribution in [-0.4, -0.2) is 16.1 Å². The number of aromatic nitrogens is 1. The van der Waals surface area contributed by atoms with E-state index in [2.05, 4.69) is 4.98 Å². The van der Waals surface area contributed by atoms with Crippen LogP contribution in [0.1, 0.15) is 17.9 Å². The van der Waals surface area contributed by atoms with Crippen LogP contribution in [0.15, 0.2) is 24.5 Å². The Balaban J connectivity index is 2.04. The van der Waals surface area contributed by atoms with Crippen molar-refractivity contribution in [1.29, 1.82) is 0 Å². The number of hydrogen-bond acceptors (Lipinski definition) is 3. The van der Waals surface area contributed by atoms with Crippen LogP contribution >= 0.6 is 0 Å². The fraction of sp³-hybridized carbons (Fsp3) is 0.333. The van der Waals surface area contributed by atoms with E-state index in [-0.39, 0.29) is 17.7 Å². The first-order valence-corrected chi connectivity index (χ1v) is 4.17. The molecule has 4 heteroatoms. The number of carbonyl (C=O) groups is 1. The number of carbonyl (C=O) groups excluding carboxylic acids is 1. The Morgan fingerprint density at radius 1 is 1.69 bits per heavy atom. The van der Waals surface area contributed by atoms with Gasteiger partial charge in [-0.05, 0) is 24.0 Å². The molecule has 1 heterocycles. The second kappa shape index (κ2) is 3.14. The monoisotopic (exact) mass is 178 g/mol. The van der Waals surface area contributed by atoms with Crippen molar-refractivity contribution < 1.29 is 10.0 Å². The molecule has 2 rings (SSSR count). The van der Waals surface area contributed by atoms with Crippen molar-refractivity contribution >= 4 is 5.91 Å². The third-order valence-corrected chi connectivity index (χ3v) is 2.35. The lowest BCUT2D eigenvalue weighted by atomic mass is 10.1. The number of nitrogens with zero attached hydrogens (tertiary/aromatic N) is 1. The summed E-state index contributed by atoms with van der Waals surface area (Å²) < 4.78 is 0. The molecular formula is C9H10N2O2. The Bertz CT molecular complexity index is 313. The minimum absolute atomic E-state index is 0.0748. The van der Waals surface area contributed by atoms with Gasteiger partial charge in [-0.1, -0.05) is 6.07 Å². The van der Waals surface area contributed by atoms with Crippen LogP contribution in [0.25, 0.3) is 0 Å². The van der Waals surface area contributed by atoms with Crippen LogP contribution in [0.5, 0.6) is 0 Å². The Morgan fingerprint density at radius 2 is 2.54 bits per heavy atom. The summed E-state index contributed by atoms with van der Waals surface area (Å²) in [6.07, 6.45) is 4.26. The number of hydroxylamine groups is 1. The zero-order chi connectivity index (χ0) is 9.26. The molecule has 0 aliphatic heterocycles. The molecule has 4 nitrogen and oxygen atoms in total. The van der Waals surface area contributed by atoms with E-state index in [1.807, 2.05) is 12.1 Å². The third kappa shape index (κ3) is 1.53. The summed E-state index contributed by atoms with van der Waals surface area (Å²) in [7, 11) is 0. The first kappa shape index (κ1) is 8.19. The van der Waals surface area contributed by atoms with Crippen molar-refractivity contribution in [3.63, 3.8) is 0 Å². The van der Waals surface area contributed by atoms with Crippen LogP contribution in [-0.2, 0) is 4.79 Å². The third-order valence-electron chi connectivity index (χ3n) is 2.35. The van der Waals surface area contributed by atoms with Crippen molar-refractivity contribution in [1.82, 2.24) is 10.5 Å². The molecule has 1 fully saturated rings. The van der Waals surface area contributed by atoms with Gasteiger partial charge < -0.3 is 0 Å². The molecule has 1 aliphatic carbocycles. The first-order valence-electron chi connectivity index (χ1n) is 4.17. The number of hydrogen-bond donors (Lipinski definition) is 2. The molecule has 2 atom stereocenters. The number of pyridine rings is 1. The summed E-state index contributed by atoms with van der Waals surface area (Å²) in [5, 5.41) is 8.39.